The molecule has 2 aromatic rings. The number of hydrogen-bond acceptors (Lipinski definition) is 6. The standard InChI is InChI=1S/C16H22N6O2/c1-10(2)18-14-12(5-4-6-17-14)16(23)22-7-8-24-13(9-22)15-19-11(3)20-21-15/h4-6,10,13H,7-9H2,1-3H3,(H,17,18)(H,19,20,21)/t13-/m1/s1. The van der Waals surface area contributed by atoms with Crippen molar-refractivity contribution in [3.63, 3.8) is 0 Å². The molecule has 8 nitrogen and oxygen atoms in total. The van der Waals surface area contributed by atoms with Crippen LogP contribution in [-0.4, -0.2) is 56.7 Å². The fraction of sp³-hybridized carbons (Fsp3) is 0.500. The van der Waals surface area contributed by atoms with Crippen molar-refractivity contribution in [3.8, 4) is 0 Å². The van der Waals surface area contributed by atoms with E-state index in [1.54, 1.807) is 23.2 Å². The van der Waals surface area contributed by atoms with Gasteiger partial charge in [-0.15, -0.1) is 0 Å². The zero-order valence-corrected chi connectivity index (χ0v) is 14.1. The zero-order chi connectivity index (χ0) is 17.1. The SMILES string of the molecule is Cc1nc([C@H]2CN(C(=O)c3cccnc3NC(C)C)CCO2)n[nH]1. The van der Waals surface area contributed by atoms with Crippen LogP contribution in [0.4, 0.5) is 5.82 Å². The molecule has 1 saturated heterocycles. The molecule has 2 aromatic heterocycles. The van der Waals surface area contributed by atoms with Crippen molar-refractivity contribution in [2.24, 2.45) is 0 Å². The largest absolute Gasteiger partial charge is 0.367 e. The number of aromatic nitrogens is 4. The zero-order valence-electron chi connectivity index (χ0n) is 14.1. The molecule has 3 rings (SSSR count). The van der Waals surface area contributed by atoms with E-state index in [1.165, 1.54) is 0 Å². The number of carbonyl (C=O) groups is 1. The van der Waals surface area contributed by atoms with Crippen LogP contribution in [0.15, 0.2) is 18.3 Å². The Morgan fingerprint density at radius 1 is 1.50 bits per heavy atom. The first-order valence-electron chi connectivity index (χ1n) is 8.06. The summed E-state index contributed by atoms with van der Waals surface area (Å²) in [4.78, 5) is 23.3. The highest BCUT2D eigenvalue weighted by Gasteiger charge is 2.29. The van der Waals surface area contributed by atoms with Crippen LogP contribution in [0.3, 0.4) is 0 Å². The molecule has 1 fully saturated rings. The Bertz CT molecular complexity index is 714. The highest BCUT2D eigenvalue weighted by atomic mass is 16.5. The van der Waals surface area contributed by atoms with Gasteiger partial charge in [-0.05, 0) is 32.9 Å². The van der Waals surface area contributed by atoms with E-state index in [-0.39, 0.29) is 18.1 Å². The van der Waals surface area contributed by atoms with Gasteiger partial charge in [0, 0.05) is 18.8 Å². The summed E-state index contributed by atoms with van der Waals surface area (Å²) >= 11 is 0. The lowest BCUT2D eigenvalue weighted by Gasteiger charge is -2.32. The Labute approximate surface area is 140 Å². The number of morpholine rings is 1. The van der Waals surface area contributed by atoms with E-state index in [0.717, 1.165) is 5.82 Å². The summed E-state index contributed by atoms with van der Waals surface area (Å²) in [6.45, 7) is 7.28. The van der Waals surface area contributed by atoms with Crippen molar-refractivity contribution in [3.05, 3.63) is 35.5 Å². The van der Waals surface area contributed by atoms with Gasteiger partial charge in [0.2, 0.25) is 0 Å². The third-order valence-electron chi connectivity index (χ3n) is 3.72. The van der Waals surface area contributed by atoms with Crippen LogP contribution < -0.4 is 5.32 Å². The molecule has 1 aliphatic rings. The molecular weight excluding hydrogens is 308 g/mol. The summed E-state index contributed by atoms with van der Waals surface area (Å²) in [5, 5.41) is 10.2. The molecule has 1 aliphatic heterocycles. The average molecular weight is 330 g/mol. The minimum Gasteiger partial charge on any atom is -0.367 e. The van der Waals surface area contributed by atoms with Crippen molar-refractivity contribution in [2.75, 3.05) is 25.0 Å². The van der Waals surface area contributed by atoms with Gasteiger partial charge in [-0.3, -0.25) is 9.89 Å². The number of aromatic amines is 1. The number of H-pyrrole nitrogens is 1. The Hall–Kier alpha value is -2.48. The number of nitrogens with zero attached hydrogens (tertiary/aromatic N) is 4. The van der Waals surface area contributed by atoms with E-state index in [1.807, 2.05) is 20.8 Å². The third-order valence-corrected chi connectivity index (χ3v) is 3.72. The van der Waals surface area contributed by atoms with E-state index in [9.17, 15) is 4.79 Å². The second-order valence-corrected chi connectivity index (χ2v) is 6.09. The van der Waals surface area contributed by atoms with Gasteiger partial charge in [0.25, 0.3) is 5.91 Å². The number of pyridine rings is 1. The molecule has 24 heavy (non-hydrogen) atoms. The Morgan fingerprint density at radius 2 is 2.33 bits per heavy atom. The van der Waals surface area contributed by atoms with Crippen LogP contribution in [0.2, 0.25) is 0 Å². The van der Waals surface area contributed by atoms with Gasteiger partial charge in [0.15, 0.2) is 5.82 Å². The van der Waals surface area contributed by atoms with E-state index < -0.39 is 0 Å². The molecule has 1 amide bonds. The number of hydrogen-bond donors (Lipinski definition) is 2. The maximum Gasteiger partial charge on any atom is 0.257 e. The minimum absolute atomic E-state index is 0.0631. The van der Waals surface area contributed by atoms with Crippen molar-refractivity contribution in [1.29, 1.82) is 0 Å². The van der Waals surface area contributed by atoms with Gasteiger partial charge in [0.05, 0.1) is 18.7 Å². The monoisotopic (exact) mass is 330 g/mol. The number of carbonyl (C=O) groups excluding carboxylic acids is 1. The van der Waals surface area contributed by atoms with E-state index in [2.05, 4.69) is 25.5 Å². The molecule has 0 bridgehead atoms. The Balaban J connectivity index is 1.77. The number of amides is 1. The molecule has 0 saturated carbocycles. The quantitative estimate of drug-likeness (QED) is 0.883. The first kappa shape index (κ1) is 16.4. The molecule has 8 heteroatoms. The molecule has 0 radical (unpaired) electrons. The number of anilines is 1. The summed E-state index contributed by atoms with van der Waals surface area (Å²) in [7, 11) is 0. The van der Waals surface area contributed by atoms with Gasteiger partial charge in [-0.25, -0.2) is 9.97 Å². The second-order valence-electron chi connectivity index (χ2n) is 6.09. The predicted octanol–water partition coefficient (Wildman–Crippen LogP) is 1.54. The van der Waals surface area contributed by atoms with Gasteiger partial charge >= 0.3 is 0 Å². The molecule has 128 valence electrons. The fourth-order valence-electron chi connectivity index (χ4n) is 2.63. The lowest BCUT2D eigenvalue weighted by atomic mass is 10.1. The predicted molar refractivity (Wildman–Crippen MR) is 88.7 cm³/mol. The molecular formula is C16H22N6O2. The fourth-order valence-corrected chi connectivity index (χ4v) is 2.63. The molecule has 3 heterocycles. The number of nitrogens with one attached hydrogen (secondary N) is 2. The second kappa shape index (κ2) is 6.96. The smallest absolute Gasteiger partial charge is 0.257 e. The molecule has 1 atom stereocenters. The van der Waals surface area contributed by atoms with Crippen molar-refractivity contribution in [2.45, 2.75) is 32.9 Å². The molecule has 0 spiro atoms. The Morgan fingerprint density at radius 3 is 3.04 bits per heavy atom. The van der Waals surface area contributed by atoms with Crippen LogP contribution in [-0.2, 0) is 4.74 Å². The summed E-state index contributed by atoms with van der Waals surface area (Å²) in [5.74, 6) is 1.85. The van der Waals surface area contributed by atoms with Gasteiger partial charge in [-0.1, -0.05) is 0 Å². The van der Waals surface area contributed by atoms with Gasteiger partial charge in [-0.2, -0.15) is 5.10 Å². The van der Waals surface area contributed by atoms with Crippen molar-refractivity contribution >= 4 is 11.7 Å². The van der Waals surface area contributed by atoms with Crippen LogP contribution in [0.25, 0.3) is 0 Å². The molecule has 2 N–H and O–H groups in total. The summed E-state index contributed by atoms with van der Waals surface area (Å²) in [5.41, 5.74) is 0.568. The maximum absolute atomic E-state index is 12.9. The lowest BCUT2D eigenvalue weighted by molar-refractivity contribution is -0.0266. The highest BCUT2D eigenvalue weighted by Crippen LogP contribution is 2.22. The van der Waals surface area contributed by atoms with Crippen LogP contribution >= 0.6 is 0 Å². The van der Waals surface area contributed by atoms with E-state index >= 15 is 0 Å². The normalized spacial score (nSPS) is 18.0. The molecule has 0 unspecified atom stereocenters. The first-order valence-corrected chi connectivity index (χ1v) is 8.06. The van der Waals surface area contributed by atoms with Crippen LogP contribution in [0, 0.1) is 6.92 Å². The highest BCUT2D eigenvalue weighted by molar-refractivity contribution is 5.98. The summed E-state index contributed by atoms with van der Waals surface area (Å²) in [6, 6.07) is 3.76. The topological polar surface area (TPSA) is 96.0 Å². The molecule has 0 aliphatic carbocycles. The van der Waals surface area contributed by atoms with E-state index in [4.69, 9.17) is 4.74 Å². The number of aryl methyl sites for hydroxylation is 1. The van der Waals surface area contributed by atoms with Crippen molar-refractivity contribution < 1.29 is 9.53 Å². The van der Waals surface area contributed by atoms with Gasteiger partial charge < -0.3 is 15.0 Å². The lowest BCUT2D eigenvalue weighted by Crippen LogP contribution is -2.42. The third kappa shape index (κ3) is 3.53. The van der Waals surface area contributed by atoms with E-state index in [0.29, 0.717) is 36.9 Å². The van der Waals surface area contributed by atoms with Crippen molar-refractivity contribution in [1.82, 2.24) is 25.1 Å². The summed E-state index contributed by atoms with van der Waals surface area (Å²) < 4.78 is 5.72. The molecule has 0 aromatic carbocycles. The maximum atomic E-state index is 12.9. The Kier molecular flexibility index (Phi) is 4.75. The number of ether oxygens (including phenoxy) is 1. The minimum atomic E-state index is -0.314. The number of rotatable bonds is 4. The van der Waals surface area contributed by atoms with Gasteiger partial charge in [0.1, 0.15) is 17.7 Å². The first-order chi connectivity index (χ1) is 11.5. The summed E-state index contributed by atoms with van der Waals surface area (Å²) in [6.07, 6.45) is 1.37. The van der Waals surface area contributed by atoms with Crippen LogP contribution in [0.5, 0.6) is 0 Å². The van der Waals surface area contributed by atoms with Crippen LogP contribution in [0.1, 0.15) is 42.0 Å². The average Bonchev–Trinajstić information content (AvgIpc) is 3.01.